The van der Waals surface area contributed by atoms with E-state index in [1.807, 2.05) is 24.3 Å². The number of ether oxygens (including phenoxy) is 1. The Balaban J connectivity index is 1.48. The molecule has 0 bridgehead atoms. The van der Waals surface area contributed by atoms with Crippen LogP contribution in [0.5, 0.6) is 5.75 Å². The monoisotopic (exact) mass is 431 g/mol. The van der Waals surface area contributed by atoms with Crippen LogP contribution in [0.1, 0.15) is 11.8 Å². The van der Waals surface area contributed by atoms with E-state index in [-0.39, 0.29) is 12.1 Å². The summed E-state index contributed by atoms with van der Waals surface area (Å²) in [6.45, 7) is 1.40. The standard InChI is InChI=1S/C21H19Cl2N3O3/c22-14-3-4-17(19(23)8-14)18-5-7-28-21(18)20-11-26(13-27)15(9-25-20)12-29-16-2-1-6-24-10-16/h1-8,10,13,15,20,25H,9,11-12H2. The molecule has 1 aliphatic heterocycles. The third-order valence-electron chi connectivity index (χ3n) is 4.91. The average molecular weight is 432 g/mol. The minimum absolute atomic E-state index is 0.0958. The van der Waals surface area contributed by atoms with Gasteiger partial charge in [0.05, 0.1) is 24.5 Å². The van der Waals surface area contributed by atoms with Crippen molar-refractivity contribution in [3.63, 3.8) is 0 Å². The zero-order chi connectivity index (χ0) is 20.2. The van der Waals surface area contributed by atoms with Crippen LogP contribution in [0, 0.1) is 0 Å². The molecule has 3 aromatic rings. The van der Waals surface area contributed by atoms with Crippen LogP contribution in [0.2, 0.25) is 10.0 Å². The lowest BCUT2D eigenvalue weighted by Gasteiger charge is -2.37. The van der Waals surface area contributed by atoms with Gasteiger partial charge in [-0.3, -0.25) is 9.78 Å². The SMILES string of the molecule is O=CN1CC(c2occc2-c2ccc(Cl)cc2Cl)NCC1COc1cccnc1. The average Bonchev–Trinajstić information content (AvgIpc) is 3.22. The number of hydrogen-bond donors (Lipinski definition) is 1. The van der Waals surface area contributed by atoms with Crippen molar-refractivity contribution in [2.24, 2.45) is 0 Å². The van der Waals surface area contributed by atoms with Crippen molar-refractivity contribution in [3.05, 3.63) is 70.9 Å². The van der Waals surface area contributed by atoms with Crippen molar-refractivity contribution in [1.82, 2.24) is 15.2 Å². The molecule has 0 aliphatic carbocycles. The van der Waals surface area contributed by atoms with Crippen LogP contribution in [0.3, 0.4) is 0 Å². The summed E-state index contributed by atoms with van der Waals surface area (Å²) in [4.78, 5) is 17.5. The first-order valence-corrected chi connectivity index (χ1v) is 9.91. The largest absolute Gasteiger partial charge is 0.490 e. The molecule has 1 amide bonds. The number of amides is 1. The first-order valence-electron chi connectivity index (χ1n) is 9.16. The van der Waals surface area contributed by atoms with Gasteiger partial charge in [0, 0.05) is 40.5 Å². The summed E-state index contributed by atoms with van der Waals surface area (Å²) in [5.41, 5.74) is 1.71. The maximum Gasteiger partial charge on any atom is 0.210 e. The predicted octanol–water partition coefficient (Wildman–Crippen LogP) is 4.20. The van der Waals surface area contributed by atoms with E-state index in [1.165, 1.54) is 0 Å². The number of furan rings is 1. The Morgan fingerprint density at radius 1 is 1.28 bits per heavy atom. The fraction of sp³-hybridized carbons (Fsp3) is 0.238. The highest BCUT2D eigenvalue weighted by molar-refractivity contribution is 6.36. The van der Waals surface area contributed by atoms with Crippen molar-refractivity contribution in [1.29, 1.82) is 0 Å². The minimum atomic E-state index is -0.161. The summed E-state index contributed by atoms with van der Waals surface area (Å²) in [7, 11) is 0. The van der Waals surface area contributed by atoms with Crippen molar-refractivity contribution in [3.8, 4) is 16.9 Å². The van der Waals surface area contributed by atoms with Crippen molar-refractivity contribution in [2.45, 2.75) is 12.1 Å². The molecule has 2 unspecified atom stereocenters. The molecule has 8 heteroatoms. The fourth-order valence-corrected chi connectivity index (χ4v) is 3.94. The number of carbonyl (C=O) groups excluding carboxylic acids is 1. The number of nitrogens with one attached hydrogen (secondary N) is 1. The second-order valence-corrected chi connectivity index (χ2v) is 7.58. The van der Waals surface area contributed by atoms with E-state index in [0.717, 1.165) is 23.3 Å². The Morgan fingerprint density at radius 3 is 2.93 bits per heavy atom. The van der Waals surface area contributed by atoms with Crippen LogP contribution in [0.15, 0.2) is 59.5 Å². The van der Waals surface area contributed by atoms with E-state index in [4.69, 9.17) is 32.4 Å². The molecule has 1 N–H and O–H groups in total. The molecular formula is C21H19Cl2N3O3. The highest BCUT2D eigenvalue weighted by Gasteiger charge is 2.31. The Labute approximate surface area is 178 Å². The van der Waals surface area contributed by atoms with E-state index in [1.54, 1.807) is 35.7 Å². The van der Waals surface area contributed by atoms with Gasteiger partial charge in [-0.2, -0.15) is 0 Å². The second-order valence-electron chi connectivity index (χ2n) is 6.74. The second kappa shape index (κ2) is 8.86. The number of hydrogen-bond acceptors (Lipinski definition) is 5. The Kier molecular flexibility index (Phi) is 6.04. The van der Waals surface area contributed by atoms with E-state index in [2.05, 4.69) is 10.3 Å². The van der Waals surface area contributed by atoms with Gasteiger partial charge in [0.1, 0.15) is 18.1 Å². The number of piperazine rings is 1. The lowest BCUT2D eigenvalue weighted by Crippen LogP contribution is -2.54. The summed E-state index contributed by atoms with van der Waals surface area (Å²) >= 11 is 12.4. The molecular weight excluding hydrogens is 413 g/mol. The lowest BCUT2D eigenvalue weighted by molar-refractivity contribution is -0.122. The highest BCUT2D eigenvalue weighted by Crippen LogP contribution is 2.36. The van der Waals surface area contributed by atoms with Crippen LogP contribution in [-0.2, 0) is 4.79 Å². The molecule has 29 heavy (non-hydrogen) atoms. The first-order chi connectivity index (χ1) is 14.2. The maximum atomic E-state index is 11.7. The van der Waals surface area contributed by atoms with Gasteiger partial charge in [-0.25, -0.2) is 0 Å². The van der Waals surface area contributed by atoms with E-state index in [9.17, 15) is 4.79 Å². The third-order valence-corrected chi connectivity index (χ3v) is 5.46. The number of nitrogens with zero attached hydrogens (tertiary/aromatic N) is 2. The van der Waals surface area contributed by atoms with Crippen LogP contribution < -0.4 is 10.1 Å². The maximum absolute atomic E-state index is 11.7. The number of carbonyl (C=O) groups is 1. The lowest BCUT2D eigenvalue weighted by atomic mass is 10.00. The topological polar surface area (TPSA) is 67.6 Å². The predicted molar refractivity (Wildman–Crippen MR) is 111 cm³/mol. The van der Waals surface area contributed by atoms with Gasteiger partial charge in [0.15, 0.2) is 0 Å². The van der Waals surface area contributed by atoms with Crippen molar-refractivity contribution >= 4 is 29.6 Å². The zero-order valence-corrected chi connectivity index (χ0v) is 16.9. The van der Waals surface area contributed by atoms with Crippen LogP contribution in [-0.4, -0.2) is 42.0 Å². The molecule has 2 atom stereocenters. The molecule has 1 saturated heterocycles. The summed E-state index contributed by atoms with van der Waals surface area (Å²) in [6.07, 6.45) is 5.81. The quantitative estimate of drug-likeness (QED) is 0.592. The molecule has 0 radical (unpaired) electrons. The smallest absolute Gasteiger partial charge is 0.210 e. The fourth-order valence-electron chi connectivity index (χ4n) is 3.43. The van der Waals surface area contributed by atoms with E-state index < -0.39 is 0 Å². The Bertz CT molecular complexity index is 980. The van der Waals surface area contributed by atoms with Gasteiger partial charge in [-0.1, -0.05) is 29.3 Å². The van der Waals surface area contributed by atoms with Crippen LogP contribution in [0.4, 0.5) is 0 Å². The van der Waals surface area contributed by atoms with Gasteiger partial charge < -0.3 is 19.4 Å². The number of benzene rings is 1. The molecule has 0 spiro atoms. The molecule has 4 rings (SSSR count). The summed E-state index contributed by atoms with van der Waals surface area (Å²) in [6, 6.07) is 10.6. The summed E-state index contributed by atoms with van der Waals surface area (Å²) < 4.78 is 11.5. The molecule has 0 saturated carbocycles. The van der Waals surface area contributed by atoms with Gasteiger partial charge in [-0.15, -0.1) is 0 Å². The molecule has 1 aromatic carbocycles. The molecule has 2 aromatic heterocycles. The number of rotatable bonds is 6. The van der Waals surface area contributed by atoms with Crippen molar-refractivity contribution < 1.29 is 13.9 Å². The van der Waals surface area contributed by atoms with Crippen LogP contribution >= 0.6 is 23.2 Å². The highest BCUT2D eigenvalue weighted by atomic mass is 35.5. The number of halogens is 2. The van der Waals surface area contributed by atoms with E-state index >= 15 is 0 Å². The minimum Gasteiger partial charge on any atom is -0.490 e. The Morgan fingerprint density at radius 2 is 2.17 bits per heavy atom. The first kappa shape index (κ1) is 19.8. The normalized spacial score (nSPS) is 19.2. The number of pyridine rings is 1. The third kappa shape index (κ3) is 4.40. The van der Waals surface area contributed by atoms with Crippen LogP contribution in [0.25, 0.3) is 11.1 Å². The van der Waals surface area contributed by atoms with E-state index in [0.29, 0.717) is 35.5 Å². The van der Waals surface area contributed by atoms with Gasteiger partial charge >= 0.3 is 0 Å². The molecule has 1 aliphatic rings. The summed E-state index contributed by atoms with van der Waals surface area (Å²) in [5.74, 6) is 1.40. The molecule has 3 heterocycles. The zero-order valence-electron chi connectivity index (χ0n) is 15.4. The van der Waals surface area contributed by atoms with Gasteiger partial charge in [0.25, 0.3) is 0 Å². The Hall–Kier alpha value is -2.54. The van der Waals surface area contributed by atoms with Gasteiger partial charge in [-0.05, 0) is 30.3 Å². The summed E-state index contributed by atoms with van der Waals surface area (Å²) in [5, 5.41) is 4.57. The molecule has 150 valence electrons. The van der Waals surface area contributed by atoms with Crippen molar-refractivity contribution in [2.75, 3.05) is 19.7 Å². The molecule has 6 nitrogen and oxygen atoms in total. The van der Waals surface area contributed by atoms with Gasteiger partial charge in [0.2, 0.25) is 6.41 Å². The number of aromatic nitrogens is 1. The molecule has 1 fully saturated rings.